The van der Waals surface area contributed by atoms with Gasteiger partial charge < -0.3 is 10.1 Å². The number of hydrogen-bond acceptors (Lipinski definition) is 3. The van der Waals surface area contributed by atoms with Crippen LogP contribution >= 0.6 is 11.6 Å². The van der Waals surface area contributed by atoms with Crippen LogP contribution in [-0.2, 0) is 14.3 Å². The molecule has 5 heteroatoms. The molecule has 0 aliphatic rings. The maximum Gasteiger partial charge on any atom is 0.328 e. The Balaban J connectivity index is 3.71. The Bertz CT molecular complexity index is 234. The molecule has 0 spiro atoms. The number of ether oxygens (including phenoxy) is 1. The molecule has 0 saturated carbocycles. The molecule has 4 nitrogen and oxygen atoms in total. The first-order valence-electron chi connectivity index (χ1n) is 6.13. The number of carbonyl (C=O) groups is 2. The number of nitrogens with one attached hydrogen (secondary N) is 1. The predicted octanol–water partition coefficient (Wildman–Crippen LogP) is 2.24. The van der Waals surface area contributed by atoms with Gasteiger partial charge in [-0.3, -0.25) is 4.79 Å². The molecule has 0 aromatic carbocycles. The first-order chi connectivity index (χ1) is 8.11. The SMILES string of the molecule is CCCCOC(=O)C(C)NC(=O)CCCCCl. The molecule has 0 radical (unpaired) electrons. The van der Waals surface area contributed by atoms with Gasteiger partial charge in [0.05, 0.1) is 6.61 Å². The maximum atomic E-state index is 11.4. The van der Waals surface area contributed by atoms with E-state index in [0.717, 1.165) is 25.7 Å². The lowest BCUT2D eigenvalue weighted by Gasteiger charge is -2.13. The van der Waals surface area contributed by atoms with Gasteiger partial charge in [-0.15, -0.1) is 11.6 Å². The lowest BCUT2D eigenvalue weighted by atomic mass is 10.2. The summed E-state index contributed by atoms with van der Waals surface area (Å²) in [5, 5.41) is 2.61. The second-order valence-corrected chi connectivity index (χ2v) is 4.33. The van der Waals surface area contributed by atoms with Crippen LogP contribution in [0.5, 0.6) is 0 Å². The highest BCUT2D eigenvalue weighted by molar-refractivity contribution is 6.17. The normalized spacial score (nSPS) is 11.9. The molecule has 100 valence electrons. The summed E-state index contributed by atoms with van der Waals surface area (Å²) in [6, 6.07) is -0.574. The van der Waals surface area contributed by atoms with Gasteiger partial charge in [0.15, 0.2) is 0 Å². The summed E-state index contributed by atoms with van der Waals surface area (Å²) in [6.45, 7) is 4.07. The van der Waals surface area contributed by atoms with Crippen LogP contribution in [-0.4, -0.2) is 30.4 Å². The minimum absolute atomic E-state index is 0.130. The Labute approximate surface area is 108 Å². The Hall–Kier alpha value is -0.770. The quantitative estimate of drug-likeness (QED) is 0.394. The van der Waals surface area contributed by atoms with E-state index in [2.05, 4.69) is 5.32 Å². The van der Waals surface area contributed by atoms with Crippen molar-refractivity contribution >= 4 is 23.5 Å². The summed E-state index contributed by atoms with van der Waals surface area (Å²) in [5.41, 5.74) is 0. The second kappa shape index (κ2) is 10.4. The summed E-state index contributed by atoms with van der Waals surface area (Å²) in [6.07, 6.45) is 3.78. The van der Waals surface area contributed by atoms with Gasteiger partial charge in [-0.05, 0) is 26.2 Å². The van der Waals surface area contributed by atoms with E-state index in [1.807, 2.05) is 6.92 Å². The number of rotatable bonds is 9. The minimum atomic E-state index is -0.574. The number of amides is 1. The zero-order valence-corrected chi connectivity index (χ0v) is 11.4. The number of halogens is 1. The third-order valence-electron chi connectivity index (χ3n) is 2.26. The zero-order chi connectivity index (χ0) is 13.1. The largest absolute Gasteiger partial charge is 0.464 e. The molecule has 1 N–H and O–H groups in total. The highest BCUT2D eigenvalue weighted by Crippen LogP contribution is 1.98. The maximum absolute atomic E-state index is 11.4. The van der Waals surface area contributed by atoms with Gasteiger partial charge >= 0.3 is 5.97 Å². The molecular weight excluding hydrogens is 242 g/mol. The molecule has 0 saturated heterocycles. The number of alkyl halides is 1. The van der Waals surface area contributed by atoms with Crippen LogP contribution in [0.4, 0.5) is 0 Å². The fourth-order valence-electron chi connectivity index (χ4n) is 1.19. The van der Waals surface area contributed by atoms with Crippen LogP contribution in [0.2, 0.25) is 0 Å². The molecular formula is C12H22ClNO3. The lowest BCUT2D eigenvalue weighted by molar-refractivity contribution is -0.147. The number of unbranched alkanes of at least 4 members (excludes halogenated alkanes) is 2. The van der Waals surface area contributed by atoms with E-state index >= 15 is 0 Å². The van der Waals surface area contributed by atoms with E-state index in [0.29, 0.717) is 18.9 Å². The van der Waals surface area contributed by atoms with Crippen LogP contribution in [0, 0.1) is 0 Å². The van der Waals surface area contributed by atoms with Gasteiger partial charge in [0.2, 0.25) is 5.91 Å². The molecule has 0 rings (SSSR count). The number of carbonyl (C=O) groups excluding carboxylic acids is 2. The molecule has 0 heterocycles. The molecule has 1 amide bonds. The molecule has 0 aromatic rings. The van der Waals surface area contributed by atoms with Crippen molar-refractivity contribution in [3.05, 3.63) is 0 Å². The van der Waals surface area contributed by atoms with E-state index in [-0.39, 0.29) is 11.9 Å². The van der Waals surface area contributed by atoms with Crippen LogP contribution in [0.3, 0.4) is 0 Å². The number of hydrogen-bond donors (Lipinski definition) is 1. The van der Waals surface area contributed by atoms with E-state index in [1.165, 1.54) is 0 Å². The van der Waals surface area contributed by atoms with Gasteiger partial charge in [0, 0.05) is 12.3 Å². The fraction of sp³-hybridized carbons (Fsp3) is 0.833. The average molecular weight is 264 g/mol. The molecule has 0 aromatic heterocycles. The smallest absolute Gasteiger partial charge is 0.328 e. The average Bonchev–Trinajstić information content (AvgIpc) is 2.29. The summed E-state index contributed by atoms with van der Waals surface area (Å²) in [4.78, 5) is 22.8. The minimum Gasteiger partial charge on any atom is -0.464 e. The summed E-state index contributed by atoms with van der Waals surface area (Å²) in [5.74, 6) is 0.0567. The highest BCUT2D eigenvalue weighted by atomic mass is 35.5. The van der Waals surface area contributed by atoms with Crippen molar-refractivity contribution in [1.29, 1.82) is 0 Å². The van der Waals surface area contributed by atoms with Crippen molar-refractivity contribution < 1.29 is 14.3 Å². The molecule has 0 aliphatic heterocycles. The third kappa shape index (κ3) is 8.98. The topological polar surface area (TPSA) is 55.4 Å². The lowest BCUT2D eigenvalue weighted by Crippen LogP contribution is -2.39. The first kappa shape index (κ1) is 16.2. The molecule has 17 heavy (non-hydrogen) atoms. The van der Waals surface area contributed by atoms with E-state index < -0.39 is 6.04 Å². The standard InChI is InChI=1S/C12H22ClNO3/c1-3-4-9-17-12(16)10(2)14-11(15)7-5-6-8-13/h10H,3-9H2,1-2H3,(H,14,15). The summed E-state index contributed by atoms with van der Waals surface area (Å²) >= 11 is 5.51. The van der Waals surface area contributed by atoms with Gasteiger partial charge in [-0.2, -0.15) is 0 Å². The molecule has 1 unspecified atom stereocenters. The van der Waals surface area contributed by atoms with Crippen LogP contribution in [0.25, 0.3) is 0 Å². The van der Waals surface area contributed by atoms with Crippen molar-refractivity contribution in [3.63, 3.8) is 0 Å². The van der Waals surface area contributed by atoms with E-state index in [4.69, 9.17) is 16.3 Å². The Morgan fingerprint density at radius 1 is 1.29 bits per heavy atom. The first-order valence-corrected chi connectivity index (χ1v) is 6.67. The summed E-state index contributed by atoms with van der Waals surface area (Å²) < 4.78 is 5.00. The highest BCUT2D eigenvalue weighted by Gasteiger charge is 2.16. The number of esters is 1. The van der Waals surface area contributed by atoms with E-state index in [1.54, 1.807) is 6.92 Å². The fourth-order valence-corrected chi connectivity index (χ4v) is 1.38. The van der Waals surface area contributed by atoms with Crippen LogP contribution in [0.1, 0.15) is 46.0 Å². The van der Waals surface area contributed by atoms with Crippen LogP contribution < -0.4 is 5.32 Å². The monoisotopic (exact) mass is 263 g/mol. The predicted molar refractivity (Wildman–Crippen MR) is 68.0 cm³/mol. The van der Waals surface area contributed by atoms with Crippen molar-refractivity contribution in [3.8, 4) is 0 Å². The summed E-state index contributed by atoms with van der Waals surface area (Å²) in [7, 11) is 0. The van der Waals surface area contributed by atoms with Crippen molar-refractivity contribution in [2.75, 3.05) is 12.5 Å². The van der Waals surface area contributed by atoms with Crippen LogP contribution in [0.15, 0.2) is 0 Å². The molecule has 0 aliphatic carbocycles. The van der Waals surface area contributed by atoms with Crippen molar-refractivity contribution in [2.45, 2.75) is 52.0 Å². The zero-order valence-electron chi connectivity index (χ0n) is 10.6. The van der Waals surface area contributed by atoms with Crippen molar-refractivity contribution in [1.82, 2.24) is 5.32 Å². The third-order valence-corrected chi connectivity index (χ3v) is 2.53. The van der Waals surface area contributed by atoms with Gasteiger partial charge in [-0.1, -0.05) is 13.3 Å². The Morgan fingerprint density at radius 2 is 2.00 bits per heavy atom. The van der Waals surface area contributed by atoms with E-state index in [9.17, 15) is 9.59 Å². The Kier molecular flexibility index (Phi) is 9.92. The van der Waals surface area contributed by atoms with Gasteiger partial charge in [-0.25, -0.2) is 4.79 Å². The molecule has 0 fully saturated rings. The molecule has 1 atom stereocenters. The molecule has 0 bridgehead atoms. The second-order valence-electron chi connectivity index (χ2n) is 3.96. The van der Waals surface area contributed by atoms with Crippen molar-refractivity contribution in [2.24, 2.45) is 0 Å². The Morgan fingerprint density at radius 3 is 2.59 bits per heavy atom. The van der Waals surface area contributed by atoms with Gasteiger partial charge in [0.25, 0.3) is 0 Å². The van der Waals surface area contributed by atoms with Gasteiger partial charge in [0.1, 0.15) is 6.04 Å².